The molecule has 0 atom stereocenters. The van der Waals surface area contributed by atoms with Crippen LogP contribution in [0.25, 0.3) is 0 Å². The Labute approximate surface area is 164 Å². The maximum atomic E-state index is 11.1. The summed E-state index contributed by atoms with van der Waals surface area (Å²) in [5.74, 6) is -1.04. The van der Waals surface area contributed by atoms with Crippen LogP contribution in [-0.4, -0.2) is 65.1 Å². The average molecular weight is 391 g/mol. The second kappa shape index (κ2) is 9.34. The summed E-state index contributed by atoms with van der Waals surface area (Å²) in [5.41, 5.74) is 2.93. The number of hydrogen-bond donors (Lipinski definition) is 2. The molecular formula is C19H23ClN4O3. The Balaban J connectivity index is 0.00000261. The maximum Gasteiger partial charge on any atom is 0.335 e. The first kappa shape index (κ1) is 20.7. The highest BCUT2D eigenvalue weighted by Crippen LogP contribution is 2.19. The molecule has 0 saturated carbocycles. The van der Waals surface area contributed by atoms with Crippen molar-refractivity contribution in [2.75, 3.05) is 38.1 Å². The zero-order chi connectivity index (χ0) is 18.5. The van der Waals surface area contributed by atoms with E-state index in [0.717, 1.165) is 37.4 Å². The van der Waals surface area contributed by atoms with Crippen LogP contribution in [0.15, 0.2) is 47.8 Å². The van der Waals surface area contributed by atoms with Gasteiger partial charge in [0.15, 0.2) is 0 Å². The largest absolute Gasteiger partial charge is 0.478 e. The summed E-state index contributed by atoms with van der Waals surface area (Å²) >= 11 is 0. The Morgan fingerprint density at radius 3 is 2.59 bits per heavy atom. The predicted octanol–water partition coefficient (Wildman–Crippen LogP) is 2.37. The SMILES string of the molecule is CN1CCN(c2cccc(C/C(=N\O)c3cc(C(=O)O)ccn3)c2)CC1.Cl. The molecule has 1 aliphatic rings. The van der Waals surface area contributed by atoms with Gasteiger partial charge in [-0.15, -0.1) is 12.4 Å². The molecule has 27 heavy (non-hydrogen) atoms. The van der Waals surface area contributed by atoms with Gasteiger partial charge in [-0.05, 0) is 36.9 Å². The zero-order valence-electron chi connectivity index (χ0n) is 15.1. The lowest BCUT2D eigenvalue weighted by Gasteiger charge is -2.34. The van der Waals surface area contributed by atoms with Crippen molar-refractivity contribution in [3.8, 4) is 0 Å². The molecule has 8 heteroatoms. The molecule has 2 N–H and O–H groups in total. The fourth-order valence-electron chi connectivity index (χ4n) is 3.02. The first-order chi connectivity index (χ1) is 12.6. The lowest BCUT2D eigenvalue weighted by Crippen LogP contribution is -2.44. The molecule has 1 aliphatic heterocycles. The topological polar surface area (TPSA) is 89.3 Å². The van der Waals surface area contributed by atoms with Crippen molar-refractivity contribution in [1.82, 2.24) is 9.88 Å². The number of oxime groups is 1. The minimum atomic E-state index is -1.04. The van der Waals surface area contributed by atoms with Gasteiger partial charge in [0, 0.05) is 44.5 Å². The van der Waals surface area contributed by atoms with Crippen molar-refractivity contribution in [2.24, 2.45) is 5.16 Å². The fourth-order valence-corrected chi connectivity index (χ4v) is 3.02. The van der Waals surface area contributed by atoms with Crippen LogP contribution in [0, 0.1) is 0 Å². The van der Waals surface area contributed by atoms with Gasteiger partial charge in [0.2, 0.25) is 0 Å². The quantitative estimate of drug-likeness (QED) is 0.463. The number of hydrogen-bond acceptors (Lipinski definition) is 6. The number of likely N-dealkylation sites (N-methyl/N-ethyl adjacent to an activating group) is 1. The highest BCUT2D eigenvalue weighted by atomic mass is 35.5. The maximum absolute atomic E-state index is 11.1. The number of anilines is 1. The molecule has 1 aromatic heterocycles. The molecule has 1 aromatic carbocycles. The van der Waals surface area contributed by atoms with Crippen LogP contribution in [0.2, 0.25) is 0 Å². The summed E-state index contributed by atoms with van der Waals surface area (Å²) in [6, 6.07) is 10.9. The fraction of sp³-hybridized carbons (Fsp3) is 0.316. The third kappa shape index (κ3) is 5.18. The molecule has 0 unspecified atom stereocenters. The van der Waals surface area contributed by atoms with Crippen LogP contribution in [0.3, 0.4) is 0 Å². The molecule has 0 radical (unpaired) electrons. The van der Waals surface area contributed by atoms with Gasteiger partial charge in [0.1, 0.15) is 5.71 Å². The molecular weight excluding hydrogens is 368 g/mol. The van der Waals surface area contributed by atoms with E-state index in [1.165, 1.54) is 18.3 Å². The van der Waals surface area contributed by atoms with E-state index in [9.17, 15) is 10.0 Å². The number of piperazine rings is 1. The number of halogens is 1. The van der Waals surface area contributed by atoms with E-state index in [-0.39, 0.29) is 18.0 Å². The molecule has 0 spiro atoms. The molecule has 0 bridgehead atoms. The van der Waals surface area contributed by atoms with Crippen LogP contribution < -0.4 is 4.90 Å². The molecule has 2 aromatic rings. The van der Waals surface area contributed by atoms with E-state index in [0.29, 0.717) is 17.8 Å². The van der Waals surface area contributed by atoms with E-state index < -0.39 is 5.97 Å². The average Bonchev–Trinajstić information content (AvgIpc) is 2.67. The van der Waals surface area contributed by atoms with Crippen molar-refractivity contribution in [2.45, 2.75) is 6.42 Å². The third-order valence-electron chi connectivity index (χ3n) is 4.57. The van der Waals surface area contributed by atoms with Crippen LogP contribution in [0.5, 0.6) is 0 Å². The molecule has 2 heterocycles. The van der Waals surface area contributed by atoms with Crippen molar-refractivity contribution >= 4 is 29.8 Å². The Hall–Kier alpha value is -2.64. The summed E-state index contributed by atoms with van der Waals surface area (Å²) < 4.78 is 0. The third-order valence-corrected chi connectivity index (χ3v) is 4.57. The van der Waals surface area contributed by atoms with E-state index in [2.05, 4.69) is 39.1 Å². The summed E-state index contributed by atoms with van der Waals surface area (Å²) in [6.45, 7) is 4.01. The number of carboxylic acids is 1. The second-order valence-corrected chi connectivity index (χ2v) is 6.42. The summed E-state index contributed by atoms with van der Waals surface area (Å²) in [7, 11) is 2.12. The lowest BCUT2D eigenvalue weighted by molar-refractivity contribution is 0.0696. The monoisotopic (exact) mass is 390 g/mol. The highest BCUT2D eigenvalue weighted by molar-refractivity contribution is 6.01. The first-order valence-corrected chi connectivity index (χ1v) is 8.50. The Kier molecular flexibility index (Phi) is 7.15. The zero-order valence-corrected chi connectivity index (χ0v) is 15.9. The molecule has 0 amide bonds. The molecule has 144 valence electrons. The normalized spacial score (nSPS) is 15.3. The minimum Gasteiger partial charge on any atom is -0.478 e. The molecule has 3 rings (SSSR count). The van der Waals surface area contributed by atoms with Gasteiger partial charge < -0.3 is 20.1 Å². The number of aromatic nitrogens is 1. The standard InChI is InChI=1S/C19H22N4O3.ClH/c1-22-7-9-23(10-8-22)16-4-2-3-14(11-16)12-18(21-26)17-13-15(19(24)25)5-6-20-17;/h2-6,11,13,26H,7-10,12H2,1H3,(H,24,25);1H/b21-18+;. The predicted molar refractivity (Wildman–Crippen MR) is 107 cm³/mol. The number of benzene rings is 1. The molecule has 1 saturated heterocycles. The number of pyridine rings is 1. The van der Waals surface area contributed by atoms with Crippen molar-refractivity contribution in [3.63, 3.8) is 0 Å². The van der Waals surface area contributed by atoms with Gasteiger partial charge >= 0.3 is 5.97 Å². The molecule has 7 nitrogen and oxygen atoms in total. The first-order valence-electron chi connectivity index (χ1n) is 8.50. The van der Waals surface area contributed by atoms with Crippen molar-refractivity contribution in [3.05, 3.63) is 59.4 Å². The number of aromatic carboxylic acids is 1. The van der Waals surface area contributed by atoms with Crippen molar-refractivity contribution < 1.29 is 15.1 Å². The van der Waals surface area contributed by atoms with Gasteiger partial charge in [-0.1, -0.05) is 17.3 Å². The van der Waals surface area contributed by atoms with Gasteiger partial charge in [0.25, 0.3) is 0 Å². The summed E-state index contributed by atoms with van der Waals surface area (Å²) in [5, 5.41) is 21.9. The molecule has 1 fully saturated rings. The molecule has 0 aliphatic carbocycles. The smallest absolute Gasteiger partial charge is 0.335 e. The van der Waals surface area contributed by atoms with Crippen LogP contribution in [-0.2, 0) is 6.42 Å². The van der Waals surface area contributed by atoms with Crippen LogP contribution in [0.4, 0.5) is 5.69 Å². The van der Waals surface area contributed by atoms with E-state index in [4.69, 9.17) is 5.11 Å². The van der Waals surface area contributed by atoms with Gasteiger partial charge in [-0.3, -0.25) is 4.98 Å². The highest BCUT2D eigenvalue weighted by Gasteiger charge is 2.16. The second-order valence-electron chi connectivity index (χ2n) is 6.42. The Morgan fingerprint density at radius 1 is 1.19 bits per heavy atom. The van der Waals surface area contributed by atoms with Gasteiger partial charge in [-0.25, -0.2) is 4.79 Å². The van der Waals surface area contributed by atoms with Gasteiger partial charge in [-0.2, -0.15) is 0 Å². The number of carboxylic acid groups (broad SMARTS) is 1. The van der Waals surface area contributed by atoms with Crippen LogP contribution in [0.1, 0.15) is 21.6 Å². The minimum absolute atomic E-state index is 0. The van der Waals surface area contributed by atoms with Crippen LogP contribution >= 0.6 is 12.4 Å². The van der Waals surface area contributed by atoms with Crippen molar-refractivity contribution in [1.29, 1.82) is 0 Å². The van der Waals surface area contributed by atoms with Gasteiger partial charge in [0.05, 0.1) is 11.3 Å². The van der Waals surface area contributed by atoms with E-state index in [1.54, 1.807) is 0 Å². The summed E-state index contributed by atoms with van der Waals surface area (Å²) in [4.78, 5) is 19.9. The Bertz CT molecular complexity index is 820. The number of nitrogens with zero attached hydrogens (tertiary/aromatic N) is 4. The number of rotatable bonds is 5. The van der Waals surface area contributed by atoms with E-state index >= 15 is 0 Å². The summed E-state index contributed by atoms with van der Waals surface area (Å²) in [6.07, 6.45) is 1.78. The Morgan fingerprint density at radius 2 is 1.93 bits per heavy atom. The lowest BCUT2D eigenvalue weighted by atomic mass is 10.0. The number of carbonyl (C=O) groups is 1. The van der Waals surface area contributed by atoms with E-state index in [1.807, 2.05) is 12.1 Å².